The summed E-state index contributed by atoms with van der Waals surface area (Å²) in [5.74, 6) is 0.755. The number of hydrogen-bond acceptors (Lipinski definition) is 2. The van der Waals surface area contributed by atoms with E-state index in [9.17, 15) is 4.79 Å². The lowest BCUT2D eigenvalue weighted by Crippen LogP contribution is -2.45. The Morgan fingerprint density at radius 2 is 2.00 bits per heavy atom. The maximum Gasteiger partial charge on any atom is 0.310 e. The Morgan fingerprint density at radius 3 is 2.50 bits per heavy atom. The van der Waals surface area contributed by atoms with Crippen LogP contribution in [-0.2, 0) is 4.79 Å². The third-order valence-electron chi connectivity index (χ3n) is 3.82. The molecule has 0 saturated heterocycles. The van der Waals surface area contributed by atoms with Crippen molar-refractivity contribution in [2.24, 2.45) is 17.3 Å². The van der Waals surface area contributed by atoms with Gasteiger partial charge in [-0.15, -0.1) is 0 Å². The Kier molecular flexibility index (Phi) is 4.36. The van der Waals surface area contributed by atoms with E-state index in [1.54, 1.807) is 13.8 Å². The first-order chi connectivity index (χ1) is 7.33. The van der Waals surface area contributed by atoms with Gasteiger partial charge in [-0.25, -0.2) is 0 Å². The molecule has 1 fully saturated rings. The summed E-state index contributed by atoms with van der Waals surface area (Å²) >= 11 is 0. The summed E-state index contributed by atoms with van der Waals surface area (Å²) in [7, 11) is 0. The number of rotatable bonds is 4. The average Bonchev–Trinajstić information content (AvgIpc) is 2.16. The van der Waals surface area contributed by atoms with Gasteiger partial charge in [0, 0.05) is 12.6 Å². The summed E-state index contributed by atoms with van der Waals surface area (Å²) < 4.78 is 0. The highest BCUT2D eigenvalue weighted by Crippen LogP contribution is 2.29. The third kappa shape index (κ3) is 3.48. The van der Waals surface area contributed by atoms with Gasteiger partial charge in [0.2, 0.25) is 0 Å². The van der Waals surface area contributed by atoms with Crippen LogP contribution in [0.1, 0.15) is 47.0 Å². The van der Waals surface area contributed by atoms with Gasteiger partial charge in [0.15, 0.2) is 0 Å². The van der Waals surface area contributed by atoms with E-state index in [-0.39, 0.29) is 0 Å². The van der Waals surface area contributed by atoms with Gasteiger partial charge in [-0.2, -0.15) is 0 Å². The smallest absolute Gasteiger partial charge is 0.310 e. The molecule has 3 unspecified atom stereocenters. The molecule has 16 heavy (non-hydrogen) atoms. The molecule has 2 N–H and O–H groups in total. The van der Waals surface area contributed by atoms with Gasteiger partial charge in [-0.1, -0.05) is 13.8 Å². The van der Waals surface area contributed by atoms with Crippen molar-refractivity contribution < 1.29 is 9.90 Å². The van der Waals surface area contributed by atoms with E-state index >= 15 is 0 Å². The summed E-state index contributed by atoms with van der Waals surface area (Å²) in [5, 5.41) is 12.5. The molecule has 0 aromatic heterocycles. The summed E-state index contributed by atoms with van der Waals surface area (Å²) in [4.78, 5) is 11.0. The van der Waals surface area contributed by atoms with Crippen molar-refractivity contribution in [1.29, 1.82) is 0 Å². The second-order valence-corrected chi connectivity index (χ2v) is 6.07. The Morgan fingerprint density at radius 1 is 1.38 bits per heavy atom. The largest absolute Gasteiger partial charge is 0.481 e. The highest BCUT2D eigenvalue weighted by Gasteiger charge is 2.30. The fourth-order valence-electron chi connectivity index (χ4n) is 2.43. The predicted molar refractivity (Wildman–Crippen MR) is 65.4 cm³/mol. The van der Waals surface area contributed by atoms with E-state index in [1.165, 1.54) is 19.3 Å². The van der Waals surface area contributed by atoms with Crippen LogP contribution in [0.3, 0.4) is 0 Å². The molecule has 1 aliphatic carbocycles. The predicted octanol–water partition coefficient (Wildman–Crippen LogP) is 2.51. The Balaban J connectivity index is 2.41. The van der Waals surface area contributed by atoms with Gasteiger partial charge in [0.05, 0.1) is 5.41 Å². The zero-order chi connectivity index (χ0) is 12.3. The summed E-state index contributed by atoms with van der Waals surface area (Å²) in [5.41, 5.74) is -0.664. The summed E-state index contributed by atoms with van der Waals surface area (Å²) in [6, 6.07) is 0.495. The van der Waals surface area contributed by atoms with Gasteiger partial charge >= 0.3 is 5.97 Å². The van der Waals surface area contributed by atoms with E-state index in [0.717, 1.165) is 5.92 Å². The first kappa shape index (κ1) is 13.5. The summed E-state index contributed by atoms with van der Waals surface area (Å²) in [6.45, 7) is 8.68. The number of carboxylic acids is 1. The fourth-order valence-corrected chi connectivity index (χ4v) is 2.43. The van der Waals surface area contributed by atoms with Gasteiger partial charge in [0.25, 0.3) is 0 Å². The van der Waals surface area contributed by atoms with Crippen molar-refractivity contribution in [3.63, 3.8) is 0 Å². The normalized spacial score (nSPS) is 31.4. The highest BCUT2D eigenvalue weighted by atomic mass is 16.4. The molecule has 0 bridgehead atoms. The molecule has 1 aliphatic rings. The van der Waals surface area contributed by atoms with E-state index in [0.29, 0.717) is 18.5 Å². The molecule has 0 spiro atoms. The molecule has 1 saturated carbocycles. The first-order valence-corrected chi connectivity index (χ1v) is 6.29. The molecule has 0 heterocycles. The van der Waals surface area contributed by atoms with E-state index in [4.69, 9.17) is 5.11 Å². The van der Waals surface area contributed by atoms with E-state index < -0.39 is 11.4 Å². The monoisotopic (exact) mass is 227 g/mol. The Hall–Kier alpha value is -0.570. The minimum atomic E-state index is -0.725. The molecule has 3 atom stereocenters. The molecular weight excluding hydrogens is 202 g/mol. The van der Waals surface area contributed by atoms with Crippen molar-refractivity contribution in [3.8, 4) is 0 Å². The van der Waals surface area contributed by atoms with Crippen molar-refractivity contribution in [3.05, 3.63) is 0 Å². The van der Waals surface area contributed by atoms with Crippen LogP contribution in [0.25, 0.3) is 0 Å². The number of hydrogen-bond donors (Lipinski definition) is 2. The molecule has 1 rings (SSSR count). The molecule has 0 aromatic carbocycles. The van der Waals surface area contributed by atoms with Gasteiger partial charge < -0.3 is 10.4 Å². The van der Waals surface area contributed by atoms with Gasteiger partial charge in [0.1, 0.15) is 0 Å². The lowest BCUT2D eigenvalue weighted by molar-refractivity contribution is -0.146. The first-order valence-electron chi connectivity index (χ1n) is 6.29. The van der Waals surface area contributed by atoms with Crippen LogP contribution in [-0.4, -0.2) is 23.7 Å². The van der Waals surface area contributed by atoms with Crippen molar-refractivity contribution >= 4 is 5.97 Å². The highest BCUT2D eigenvalue weighted by molar-refractivity contribution is 5.73. The standard InChI is InChI=1S/C13H25NO2/c1-9-5-6-11(10(2)7-9)14-8-13(3,4)12(15)16/h9-11,14H,5-8H2,1-4H3,(H,15,16). The van der Waals surface area contributed by atoms with Gasteiger partial charge in [-0.05, 0) is 44.9 Å². The van der Waals surface area contributed by atoms with Crippen LogP contribution in [0, 0.1) is 17.3 Å². The topological polar surface area (TPSA) is 49.3 Å². The number of aliphatic carboxylic acids is 1. The van der Waals surface area contributed by atoms with Crippen LogP contribution in [0.5, 0.6) is 0 Å². The molecule has 0 amide bonds. The van der Waals surface area contributed by atoms with Crippen LogP contribution < -0.4 is 5.32 Å². The SMILES string of the molecule is CC1CCC(NCC(C)(C)C(=O)O)C(C)C1. The van der Waals surface area contributed by atoms with Gasteiger partial charge in [-0.3, -0.25) is 4.79 Å². The summed E-state index contributed by atoms with van der Waals surface area (Å²) in [6.07, 6.45) is 3.69. The molecule has 3 heteroatoms. The number of carboxylic acid groups (broad SMARTS) is 1. The lowest BCUT2D eigenvalue weighted by atomic mass is 9.79. The molecule has 3 nitrogen and oxygen atoms in total. The van der Waals surface area contributed by atoms with Crippen molar-refractivity contribution in [1.82, 2.24) is 5.32 Å². The quantitative estimate of drug-likeness (QED) is 0.776. The van der Waals surface area contributed by atoms with Crippen molar-refractivity contribution in [2.75, 3.05) is 6.54 Å². The molecule has 0 radical (unpaired) electrons. The minimum Gasteiger partial charge on any atom is -0.481 e. The lowest BCUT2D eigenvalue weighted by Gasteiger charge is -2.35. The zero-order valence-corrected chi connectivity index (χ0v) is 10.9. The van der Waals surface area contributed by atoms with Crippen LogP contribution >= 0.6 is 0 Å². The van der Waals surface area contributed by atoms with E-state index in [1.807, 2.05) is 0 Å². The van der Waals surface area contributed by atoms with E-state index in [2.05, 4.69) is 19.2 Å². The fraction of sp³-hybridized carbons (Fsp3) is 0.923. The van der Waals surface area contributed by atoms with Crippen LogP contribution in [0.4, 0.5) is 0 Å². The second kappa shape index (κ2) is 5.17. The Bertz CT molecular complexity index is 250. The average molecular weight is 227 g/mol. The number of nitrogens with one attached hydrogen (secondary N) is 1. The number of carbonyl (C=O) groups is 1. The second-order valence-electron chi connectivity index (χ2n) is 6.07. The Labute approximate surface area is 98.6 Å². The zero-order valence-electron chi connectivity index (χ0n) is 10.9. The van der Waals surface area contributed by atoms with Crippen molar-refractivity contribution in [2.45, 2.75) is 53.0 Å². The van der Waals surface area contributed by atoms with Crippen LogP contribution in [0.15, 0.2) is 0 Å². The molecular formula is C13H25NO2. The third-order valence-corrected chi connectivity index (χ3v) is 3.82. The maximum atomic E-state index is 11.0. The van der Waals surface area contributed by atoms with Crippen LogP contribution in [0.2, 0.25) is 0 Å². The minimum absolute atomic E-state index is 0.495. The molecule has 94 valence electrons. The molecule has 0 aliphatic heterocycles. The molecule has 0 aromatic rings. The maximum absolute atomic E-state index is 11.0.